The molecule has 0 N–H and O–H groups in total. The fourth-order valence-electron chi connectivity index (χ4n) is 2.73. The zero-order chi connectivity index (χ0) is 14.5. The molecule has 0 bridgehead atoms. The van der Waals surface area contributed by atoms with E-state index in [9.17, 15) is 4.79 Å². The monoisotopic (exact) mass is 294 g/mol. The Labute approximate surface area is 124 Å². The summed E-state index contributed by atoms with van der Waals surface area (Å²) >= 11 is 2.00. The maximum Gasteiger partial charge on any atom is 0.259 e. The average Bonchev–Trinajstić information content (AvgIpc) is 2.94. The van der Waals surface area contributed by atoms with Crippen LogP contribution in [0.2, 0.25) is 0 Å². The standard InChI is InChI=1S/C15H22N2O2S/c1-4-20-12-8-7-11(10-12)17(2)15(18)13-6-5-9-16-14(13)19-3/h5-6,9,11-12H,4,7-8,10H2,1-3H3/t11-,12+/m0/s1. The third-order valence-electron chi connectivity index (χ3n) is 3.82. The fourth-order valence-corrected chi connectivity index (χ4v) is 3.86. The number of amides is 1. The Hall–Kier alpha value is -1.23. The predicted molar refractivity (Wildman–Crippen MR) is 82.4 cm³/mol. The molecular formula is C15H22N2O2S. The summed E-state index contributed by atoms with van der Waals surface area (Å²) in [5.74, 6) is 1.55. The third kappa shape index (κ3) is 3.26. The quantitative estimate of drug-likeness (QED) is 0.837. The van der Waals surface area contributed by atoms with Crippen LogP contribution in [0.3, 0.4) is 0 Å². The SMILES string of the molecule is CCS[C@@H]1CC[C@H](N(C)C(=O)c2cccnc2OC)C1. The molecule has 110 valence electrons. The second-order valence-corrected chi connectivity index (χ2v) is 6.60. The molecule has 5 heteroatoms. The molecule has 1 aromatic heterocycles. The summed E-state index contributed by atoms with van der Waals surface area (Å²) in [6.45, 7) is 2.19. The van der Waals surface area contributed by atoms with E-state index < -0.39 is 0 Å². The highest BCUT2D eigenvalue weighted by molar-refractivity contribution is 7.99. The van der Waals surface area contributed by atoms with Gasteiger partial charge in [-0.15, -0.1) is 0 Å². The summed E-state index contributed by atoms with van der Waals surface area (Å²) < 4.78 is 5.18. The van der Waals surface area contributed by atoms with E-state index in [4.69, 9.17) is 4.74 Å². The summed E-state index contributed by atoms with van der Waals surface area (Å²) in [6, 6.07) is 3.88. The summed E-state index contributed by atoms with van der Waals surface area (Å²) in [6.07, 6.45) is 5.01. The van der Waals surface area contributed by atoms with Gasteiger partial charge in [-0.25, -0.2) is 4.98 Å². The van der Waals surface area contributed by atoms with E-state index in [0.29, 0.717) is 22.7 Å². The average molecular weight is 294 g/mol. The van der Waals surface area contributed by atoms with Crippen molar-refractivity contribution in [1.29, 1.82) is 0 Å². The molecule has 0 saturated heterocycles. The smallest absolute Gasteiger partial charge is 0.259 e. The first-order valence-electron chi connectivity index (χ1n) is 7.05. The molecule has 1 aliphatic rings. The molecule has 4 nitrogen and oxygen atoms in total. The first kappa shape index (κ1) is 15.2. The van der Waals surface area contributed by atoms with Crippen LogP contribution in [0.5, 0.6) is 5.88 Å². The summed E-state index contributed by atoms with van der Waals surface area (Å²) in [5.41, 5.74) is 0.545. The van der Waals surface area contributed by atoms with Gasteiger partial charge in [0.1, 0.15) is 5.56 Å². The fraction of sp³-hybridized carbons (Fsp3) is 0.600. The first-order valence-corrected chi connectivity index (χ1v) is 8.10. The van der Waals surface area contributed by atoms with Crippen molar-refractivity contribution >= 4 is 17.7 Å². The number of hydrogen-bond donors (Lipinski definition) is 0. The van der Waals surface area contributed by atoms with Gasteiger partial charge < -0.3 is 9.64 Å². The Kier molecular flexibility index (Phi) is 5.29. The van der Waals surface area contributed by atoms with Gasteiger partial charge in [0, 0.05) is 24.5 Å². The Morgan fingerprint density at radius 2 is 2.35 bits per heavy atom. The van der Waals surface area contributed by atoms with Crippen molar-refractivity contribution in [2.75, 3.05) is 19.9 Å². The summed E-state index contributed by atoms with van der Waals surface area (Å²) in [5, 5.41) is 0.691. The van der Waals surface area contributed by atoms with Gasteiger partial charge in [0.2, 0.25) is 5.88 Å². The lowest BCUT2D eigenvalue weighted by Gasteiger charge is -2.25. The molecule has 0 aromatic carbocycles. The molecule has 20 heavy (non-hydrogen) atoms. The van der Waals surface area contributed by atoms with Crippen LogP contribution in [0, 0.1) is 0 Å². The van der Waals surface area contributed by atoms with Crippen LogP contribution in [0.25, 0.3) is 0 Å². The molecule has 1 fully saturated rings. The van der Waals surface area contributed by atoms with Crippen molar-refractivity contribution in [2.45, 2.75) is 37.5 Å². The Morgan fingerprint density at radius 3 is 3.05 bits per heavy atom. The molecule has 0 spiro atoms. The number of carbonyl (C=O) groups is 1. The van der Waals surface area contributed by atoms with Crippen molar-refractivity contribution in [3.8, 4) is 5.88 Å². The van der Waals surface area contributed by atoms with Crippen LogP contribution in [-0.4, -0.2) is 47.0 Å². The number of methoxy groups -OCH3 is 1. The van der Waals surface area contributed by atoms with Gasteiger partial charge in [0.05, 0.1) is 7.11 Å². The van der Waals surface area contributed by atoms with E-state index in [1.54, 1.807) is 25.4 Å². The second-order valence-electron chi connectivity index (χ2n) is 5.02. The van der Waals surface area contributed by atoms with Crippen LogP contribution in [0.4, 0.5) is 0 Å². The zero-order valence-corrected chi connectivity index (χ0v) is 13.2. The largest absolute Gasteiger partial charge is 0.480 e. The molecule has 0 aliphatic heterocycles. The lowest BCUT2D eigenvalue weighted by molar-refractivity contribution is 0.0731. The van der Waals surface area contributed by atoms with Crippen molar-refractivity contribution in [3.05, 3.63) is 23.9 Å². The molecular weight excluding hydrogens is 272 g/mol. The molecule has 2 atom stereocenters. The van der Waals surface area contributed by atoms with Gasteiger partial charge in [-0.3, -0.25) is 4.79 Å². The Morgan fingerprint density at radius 1 is 1.55 bits per heavy atom. The summed E-state index contributed by atoms with van der Waals surface area (Å²) in [7, 11) is 3.43. The van der Waals surface area contributed by atoms with Crippen LogP contribution in [0.1, 0.15) is 36.5 Å². The molecule has 2 rings (SSSR count). The highest BCUT2D eigenvalue weighted by atomic mass is 32.2. The third-order valence-corrected chi connectivity index (χ3v) is 5.06. The van der Waals surface area contributed by atoms with E-state index in [2.05, 4.69) is 11.9 Å². The molecule has 1 amide bonds. The van der Waals surface area contributed by atoms with E-state index in [1.165, 1.54) is 6.42 Å². The number of thioether (sulfide) groups is 1. The number of hydrogen-bond acceptors (Lipinski definition) is 4. The maximum absolute atomic E-state index is 12.6. The van der Waals surface area contributed by atoms with Gasteiger partial charge in [0.15, 0.2) is 0 Å². The minimum Gasteiger partial charge on any atom is -0.480 e. The minimum absolute atomic E-state index is 0.00194. The van der Waals surface area contributed by atoms with Gasteiger partial charge in [-0.05, 0) is 37.1 Å². The lowest BCUT2D eigenvalue weighted by Crippen LogP contribution is -2.35. The van der Waals surface area contributed by atoms with E-state index in [1.807, 2.05) is 23.7 Å². The first-order chi connectivity index (χ1) is 9.67. The van der Waals surface area contributed by atoms with E-state index in [0.717, 1.165) is 18.6 Å². The van der Waals surface area contributed by atoms with E-state index in [-0.39, 0.29) is 5.91 Å². The maximum atomic E-state index is 12.6. The molecule has 1 heterocycles. The minimum atomic E-state index is 0.00194. The number of carbonyl (C=O) groups excluding carboxylic acids is 1. The lowest BCUT2D eigenvalue weighted by atomic mass is 10.1. The van der Waals surface area contributed by atoms with Crippen molar-refractivity contribution in [1.82, 2.24) is 9.88 Å². The van der Waals surface area contributed by atoms with Gasteiger partial charge >= 0.3 is 0 Å². The molecule has 1 aromatic rings. The van der Waals surface area contributed by atoms with Crippen LogP contribution >= 0.6 is 11.8 Å². The van der Waals surface area contributed by atoms with Crippen molar-refractivity contribution in [2.24, 2.45) is 0 Å². The topological polar surface area (TPSA) is 42.4 Å². The van der Waals surface area contributed by atoms with Crippen molar-refractivity contribution in [3.63, 3.8) is 0 Å². The Bertz CT molecular complexity index is 467. The van der Waals surface area contributed by atoms with E-state index >= 15 is 0 Å². The number of pyridine rings is 1. The molecule has 0 unspecified atom stereocenters. The highest BCUT2D eigenvalue weighted by Gasteiger charge is 2.31. The normalized spacial score (nSPS) is 21.8. The highest BCUT2D eigenvalue weighted by Crippen LogP contribution is 2.33. The Balaban J connectivity index is 2.06. The summed E-state index contributed by atoms with van der Waals surface area (Å²) in [4.78, 5) is 18.5. The van der Waals surface area contributed by atoms with Crippen LogP contribution in [0.15, 0.2) is 18.3 Å². The zero-order valence-electron chi connectivity index (χ0n) is 12.3. The predicted octanol–water partition coefficient (Wildman–Crippen LogP) is 2.84. The van der Waals surface area contributed by atoms with Crippen molar-refractivity contribution < 1.29 is 9.53 Å². The molecule has 1 aliphatic carbocycles. The number of rotatable bonds is 5. The van der Waals surface area contributed by atoms with Gasteiger partial charge in [-0.1, -0.05) is 6.92 Å². The van der Waals surface area contributed by atoms with Gasteiger partial charge in [0.25, 0.3) is 5.91 Å². The number of ether oxygens (including phenoxy) is 1. The van der Waals surface area contributed by atoms with Gasteiger partial charge in [-0.2, -0.15) is 11.8 Å². The van der Waals surface area contributed by atoms with Crippen LogP contribution < -0.4 is 4.74 Å². The number of aromatic nitrogens is 1. The molecule has 1 saturated carbocycles. The number of nitrogens with zero attached hydrogens (tertiary/aromatic N) is 2. The second kappa shape index (κ2) is 6.97. The van der Waals surface area contributed by atoms with Crippen LogP contribution in [-0.2, 0) is 0 Å². The molecule has 0 radical (unpaired) electrons.